The highest BCUT2D eigenvalue weighted by atomic mass is 16.3. The molecule has 0 aromatic heterocycles. The van der Waals surface area contributed by atoms with Crippen molar-refractivity contribution < 1.29 is 15.0 Å². The Kier molecular flexibility index (Phi) is 4.07. The Morgan fingerprint density at radius 3 is 2.58 bits per heavy atom. The number of aromatic hydroxyl groups is 1. The van der Waals surface area contributed by atoms with Gasteiger partial charge in [-0.25, -0.2) is 0 Å². The standard InChI is InChI=1S/C27H37NO3/c1-25(2)23-12-20-21(5-4-6-22(20)30)26(25,3)7-8-28(23)24(31)27-13-16-9-17(14-27)18(15-27)11-19(29)10-16/h4-6,16-19,23,29-30H,7-15H2,1-3H3/t16?,17?,18?,19?,23-,26+,27?/m1/s1. The smallest absolute Gasteiger partial charge is 0.229 e. The second kappa shape index (κ2) is 6.27. The molecule has 0 spiro atoms. The zero-order valence-electron chi connectivity index (χ0n) is 19.2. The van der Waals surface area contributed by atoms with E-state index >= 15 is 0 Å². The maximum atomic E-state index is 14.3. The summed E-state index contributed by atoms with van der Waals surface area (Å²) in [6.07, 6.45) is 7.50. The Balaban J connectivity index is 1.37. The summed E-state index contributed by atoms with van der Waals surface area (Å²) in [6, 6.07) is 6.09. The van der Waals surface area contributed by atoms with Gasteiger partial charge < -0.3 is 15.1 Å². The largest absolute Gasteiger partial charge is 0.508 e. The summed E-state index contributed by atoms with van der Waals surface area (Å²) in [5.41, 5.74) is 2.04. The lowest BCUT2D eigenvalue weighted by Gasteiger charge is -2.61. The summed E-state index contributed by atoms with van der Waals surface area (Å²) in [6.45, 7) is 7.84. The van der Waals surface area contributed by atoms with Crippen LogP contribution < -0.4 is 0 Å². The second-order valence-corrected chi connectivity index (χ2v) is 12.5. The average molecular weight is 424 g/mol. The SMILES string of the molecule is CC1(C)[C@H]2Cc3c(O)cccc3[C@]1(C)CCN2C(=O)C12CC3CC(O)CC(C1)C(C3)C2. The van der Waals surface area contributed by atoms with Gasteiger partial charge in [0.15, 0.2) is 0 Å². The van der Waals surface area contributed by atoms with Gasteiger partial charge in [-0.3, -0.25) is 4.79 Å². The van der Waals surface area contributed by atoms with Crippen molar-refractivity contribution in [2.45, 2.75) is 89.7 Å². The van der Waals surface area contributed by atoms with Crippen LogP contribution in [0.25, 0.3) is 0 Å². The lowest BCUT2D eigenvalue weighted by molar-refractivity contribution is -0.157. The quantitative estimate of drug-likeness (QED) is 0.703. The van der Waals surface area contributed by atoms with Crippen molar-refractivity contribution in [3.05, 3.63) is 29.3 Å². The number of aliphatic hydroxyl groups is 1. The van der Waals surface area contributed by atoms with Crippen molar-refractivity contribution in [2.24, 2.45) is 28.6 Å². The number of hydrogen-bond donors (Lipinski definition) is 2. The van der Waals surface area contributed by atoms with Crippen LogP contribution in [0.4, 0.5) is 0 Å². The van der Waals surface area contributed by atoms with Crippen LogP contribution in [-0.4, -0.2) is 39.7 Å². The van der Waals surface area contributed by atoms with E-state index in [4.69, 9.17) is 0 Å². The number of aliphatic hydroxyl groups excluding tert-OH is 1. The van der Waals surface area contributed by atoms with Gasteiger partial charge in [0, 0.05) is 18.0 Å². The number of phenolic OH excluding ortho intramolecular Hbond substituents is 1. The Bertz CT molecular complexity index is 936. The van der Waals surface area contributed by atoms with Crippen LogP contribution in [0.15, 0.2) is 18.2 Å². The van der Waals surface area contributed by atoms with Gasteiger partial charge >= 0.3 is 0 Å². The lowest BCUT2D eigenvalue weighted by atomic mass is 9.50. The number of phenols is 1. The zero-order valence-corrected chi connectivity index (χ0v) is 19.2. The summed E-state index contributed by atoms with van der Waals surface area (Å²) in [4.78, 5) is 16.6. The topological polar surface area (TPSA) is 60.8 Å². The molecule has 6 rings (SSSR count). The second-order valence-electron chi connectivity index (χ2n) is 12.5. The number of hydrogen-bond acceptors (Lipinski definition) is 3. The summed E-state index contributed by atoms with van der Waals surface area (Å²) in [7, 11) is 0. The molecule has 4 aliphatic carbocycles. The number of benzene rings is 1. The minimum atomic E-state index is -0.207. The van der Waals surface area contributed by atoms with Gasteiger partial charge in [0.2, 0.25) is 5.91 Å². The highest BCUT2D eigenvalue weighted by molar-refractivity contribution is 5.84. The van der Waals surface area contributed by atoms with Crippen LogP contribution in [0.5, 0.6) is 5.75 Å². The van der Waals surface area contributed by atoms with Crippen molar-refractivity contribution in [1.82, 2.24) is 4.90 Å². The van der Waals surface area contributed by atoms with Gasteiger partial charge in [-0.1, -0.05) is 32.9 Å². The van der Waals surface area contributed by atoms with Crippen LogP contribution in [-0.2, 0) is 16.6 Å². The first-order valence-electron chi connectivity index (χ1n) is 12.5. The maximum absolute atomic E-state index is 14.3. The molecular weight excluding hydrogens is 386 g/mol. The molecule has 7 atom stereocenters. The van der Waals surface area contributed by atoms with E-state index in [1.807, 2.05) is 6.07 Å². The molecule has 1 aliphatic heterocycles. The summed E-state index contributed by atoms with van der Waals surface area (Å²) in [5, 5.41) is 21.1. The van der Waals surface area contributed by atoms with E-state index in [1.54, 1.807) is 6.07 Å². The predicted octanol–water partition coefficient (Wildman–Crippen LogP) is 4.41. The third-order valence-corrected chi connectivity index (χ3v) is 10.8. The van der Waals surface area contributed by atoms with E-state index in [1.165, 1.54) is 12.0 Å². The molecule has 0 radical (unpaired) electrons. The summed E-state index contributed by atoms with van der Waals surface area (Å²) in [5.74, 6) is 2.42. The first kappa shape index (κ1) is 20.1. The Morgan fingerprint density at radius 1 is 1.06 bits per heavy atom. The van der Waals surface area contributed by atoms with Crippen molar-refractivity contribution in [3.8, 4) is 5.75 Å². The monoisotopic (exact) mass is 423 g/mol. The summed E-state index contributed by atoms with van der Waals surface area (Å²) < 4.78 is 0. The van der Waals surface area contributed by atoms with E-state index in [9.17, 15) is 15.0 Å². The van der Waals surface area contributed by atoms with E-state index in [0.717, 1.165) is 57.1 Å². The molecule has 1 heterocycles. The van der Waals surface area contributed by atoms with Crippen LogP contribution in [0.3, 0.4) is 0 Å². The number of fused-ring (bicyclic) bond motifs is 6. The molecule has 5 unspecified atom stereocenters. The predicted molar refractivity (Wildman–Crippen MR) is 120 cm³/mol. The fourth-order valence-electron chi connectivity index (χ4n) is 8.95. The molecule has 1 aromatic rings. The third kappa shape index (κ3) is 2.54. The van der Waals surface area contributed by atoms with E-state index in [-0.39, 0.29) is 28.4 Å². The van der Waals surface area contributed by atoms with Crippen LogP contribution in [0, 0.1) is 28.6 Å². The number of nitrogens with zero attached hydrogens (tertiary/aromatic N) is 1. The molecule has 4 heteroatoms. The molecule has 1 amide bonds. The Hall–Kier alpha value is -1.55. The number of amides is 1. The number of likely N-dealkylation sites (tertiary alicyclic amines) is 1. The van der Waals surface area contributed by atoms with Crippen molar-refractivity contribution >= 4 is 5.91 Å². The maximum Gasteiger partial charge on any atom is 0.229 e. The fourth-order valence-corrected chi connectivity index (χ4v) is 8.95. The number of carbonyl (C=O) groups excluding carboxylic acids is 1. The van der Waals surface area contributed by atoms with E-state index in [0.29, 0.717) is 29.4 Å². The highest BCUT2D eigenvalue weighted by Gasteiger charge is 2.62. The first-order chi connectivity index (χ1) is 14.6. The first-order valence-corrected chi connectivity index (χ1v) is 12.5. The Morgan fingerprint density at radius 2 is 1.81 bits per heavy atom. The number of piperidine rings is 1. The molecule has 2 N–H and O–H groups in total. The van der Waals surface area contributed by atoms with Crippen molar-refractivity contribution in [3.63, 3.8) is 0 Å². The van der Waals surface area contributed by atoms with E-state index in [2.05, 4.69) is 31.7 Å². The van der Waals surface area contributed by atoms with Gasteiger partial charge in [0.05, 0.1) is 11.5 Å². The molecule has 4 nitrogen and oxygen atoms in total. The Labute approximate surface area is 186 Å². The fraction of sp³-hybridized carbons (Fsp3) is 0.741. The normalized spacial score (nSPS) is 44.6. The van der Waals surface area contributed by atoms with Gasteiger partial charge in [0.25, 0.3) is 0 Å². The molecule has 1 saturated heterocycles. The van der Waals surface area contributed by atoms with Crippen LogP contribution in [0.2, 0.25) is 0 Å². The molecular formula is C27H37NO3. The molecule has 1 aromatic carbocycles. The minimum Gasteiger partial charge on any atom is -0.508 e. The molecule has 4 fully saturated rings. The lowest BCUT2D eigenvalue weighted by Crippen LogP contribution is -2.66. The van der Waals surface area contributed by atoms with Crippen molar-refractivity contribution in [1.29, 1.82) is 0 Å². The molecule has 5 aliphatic rings. The summed E-state index contributed by atoms with van der Waals surface area (Å²) >= 11 is 0. The van der Waals surface area contributed by atoms with Gasteiger partial charge in [-0.2, -0.15) is 0 Å². The number of carbonyl (C=O) groups is 1. The van der Waals surface area contributed by atoms with Gasteiger partial charge in [-0.05, 0) is 91.7 Å². The zero-order chi connectivity index (χ0) is 21.8. The van der Waals surface area contributed by atoms with Crippen molar-refractivity contribution in [2.75, 3.05) is 6.54 Å². The highest BCUT2D eigenvalue weighted by Crippen LogP contribution is 2.63. The molecule has 31 heavy (non-hydrogen) atoms. The molecule has 168 valence electrons. The molecule has 5 bridgehead atoms. The van der Waals surface area contributed by atoms with Gasteiger partial charge in [-0.15, -0.1) is 0 Å². The van der Waals surface area contributed by atoms with E-state index < -0.39 is 0 Å². The van der Waals surface area contributed by atoms with Gasteiger partial charge in [0.1, 0.15) is 5.75 Å². The third-order valence-electron chi connectivity index (χ3n) is 10.8. The van der Waals surface area contributed by atoms with Crippen LogP contribution >= 0.6 is 0 Å². The average Bonchev–Trinajstić information content (AvgIpc) is 2.89. The minimum absolute atomic E-state index is 0.0379. The molecule has 3 saturated carbocycles. The number of rotatable bonds is 1. The van der Waals surface area contributed by atoms with Crippen LogP contribution in [0.1, 0.15) is 76.8 Å².